The second kappa shape index (κ2) is 2.87. The third-order valence-corrected chi connectivity index (χ3v) is 2.38. The maximum atomic E-state index is 13.0. The predicted octanol–water partition coefficient (Wildman–Crippen LogP) is 2.19. The van der Waals surface area contributed by atoms with Gasteiger partial charge in [-0.2, -0.15) is 8.78 Å². The van der Waals surface area contributed by atoms with Gasteiger partial charge >= 0.3 is 0 Å². The van der Waals surface area contributed by atoms with Crippen LogP contribution in [0.2, 0.25) is 0 Å². The fourth-order valence-electron chi connectivity index (χ4n) is 0.693. The van der Waals surface area contributed by atoms with Crippen LogP contribution in [-0.2, 0) is 5.92 Å². The van der Waals surface area contributed by atoms with Gasteiger partial charge in [-0.25, -0.2) is 0 Å². The molecule has 0 aliphatic heterocycles. The lowest BCUT2D eigenvalue weighted by Gasteiger charge is -2.17. The smallest absolute Gasteiger partial charge is 0.296 e. The van der Waals surface area contributed by atoms with Crippen molar-refractivity contribution in [1.82, 2.24) is 0 Å². The first-order valence-electron chi connectivity index (χ1n) is 3.22. The first-order valence-corrected chi connectivity index (χ1v) is 4.10. The number of nitrogens with two attached hydrogens (primary N) is 1. The van der Waals surface area contributed by atoms with E-state index in [0.717, 1.165) is 11.3 Å². The van der Waals surface area contributed by atoms with E-state index in [1.165, 1.54) is 13.0 Å². The van der Waals surface area contributed by atoms with Crippen LogP contribution >= 0.6 is 11.3 Å². The number of alkyl halides is 2. The van der Waals surface area contributed by atoms with Crippen molar-refractivity contribution < 1.29 is 8.78 Å². The van der Waals surface area contributed by atoms with Crippen molar-refractivity contribution in [2.24, 2.45) is 5.73 Å². The molecule has 1 atom stereocenters. The van der Waals surface area contributed by atoms with E-state index in [1.54, 1.807) is 11.4 Å². The maximum absolute atomic E-state index is 13.0. The van der Waals surface area contributed by atoms with Crippen LogP contribution in [0.4, 0.5) is 8.78 Å². The SMILES string of the molecule is CC(N)C(F)(F)c1cccs1. The van der Waals surface area contributed by atoms with Crippen LogP contribution < -0.4 is 5.73 Å². The van der Waals surface area contributed by atoms with Crippen LogP contribution in [-0.4, -0.2) is 6.04 Å². The average Bonchev–Trinajstić information content (AvgIpc) is 2.37. The highest BCUT2D eigenvalue weighted by molar-refractivity contribution is 7.10. The zero-order valence-corrected chi connectivity index (χ0v) is 6.87. The highest BCUT2D eigenvalue weighted by atomic mass is 32.1. The summed E-state index contributed by atoms with van der Waals surface area (Å²) in [4.78, 5) is 0.0347. The third kappa shape index (κ3) is 1.57. The van der Waals surface area contributed by atoms with Crippen molar-refractivity contribution in [2.75, 3.05) is 0 Å². The van der Waals surface area contributed by atoms with Gasteiger partial charge in [-0.3, -0.25) is 0 Å². The molecule has 1 nitrogen and oxygen atoms in total. The molecule has 4 heteroatoms. The van der Waals surface area contributed by atoms with E-state index in [-0.39, 0.29) is 4.88 Å². The number of thiophene rings is 1. The summed E-state index contributed by atoms with van der Waals surface area (Å²) < 4.78 is 26.0. The molecule has 0 aromatic carbocycles. The fraction of sp³-hybridized carbons (Fsp3) is 0.429. The molecule has 0 radical (unpaired) electrons. The van der Waals surface area contributed by atoms with Gasteiger partial charge in [0.1, 0.15) is 0 Å². The lowest BCUT2D eigenvalue weighted by Crippen LogP contribution is -2.35. The highest BCUT2D eigenvalue weighted by Crippen LogP contribution is 2.33. The van der Waals surface area contributed by atoms with E-state index in [4.69, 9.17) is 5.73 Å². The molecule has 1 heterocycles. The third-order valence-electron chi connectivity index (χ3n) is 1.42. The lowest BCUT2D eigenvalue weighted by atomic mass is 10.1. The molecule has 0 saturated heterocycles. The standard InChI is InChI=1S/C7H9F2NS/c1-5(10)7(8,9)6-3-2-4-11-6/h2-5H,10H2,1H3. The molecule has 2 N–H and O–H groups in total. The molecule has 0 bridgehead atoms. The van der Waals surface area contributed by atoms with Crippen molar-refractivity contribution in [3.8, 4) is 0 Å². The van der Waals surface area contributed by atoms with Crippen molar-refractivity contribution >= 4 is 11.3 Å². The largest absolute Gasteiger partial charge is 0.323 e. The van der Waals surface area contributed by atoms with Gasteiger partial charge in [0.05, 0.1) is 10.9 Å². The molecule has 1 aromatic rings. The summed E-state index contributed by atoms with van der Waals surface area (Å²) in [5.41, 5.74) is 5.12. The second-order valence-electron chi connectivity index (χ2n) is 2.39. The summed E-state index contributed by atoms with van der Waals surface area (Å²) in [5, 5.41) is 1.62. The Bertz CT molecular complexity index is 218. The normalized spacial score (nSPS) is 14.9. The lowest BCUT2D eigenvalue weighted by molar-refractivity contribution is -0.0219. The zero-order valence-electron chi connectivity index (χ0n) is 6.05. The summed E-state index contributed by atoms with van der Waals surface area (Å²) in [6.07, 6.45) is 0. The molecule has 0 amide bonds. The molecule has 0 spiro atoms. The van der Waals surface area contributed by atoms with Crippen molar-refractivity contribution in [1.29, 1.82) is 0 Å². The monoisotopic (exact) mass is 177 g/mol. The van der Waals surface area contributed by atoms with Gasteiger partial charge in [-0.05, 0) is 18.4 Å². The van der Waals surface area contributed by atoms with E-state index >= 15 is 0 Å². The average molecular weight is 177 g/mol. The zero-order chi connectivity index (χ0) is 8.48. The Balaban J connectivity index is 2.90. The first-order chi connectivity index (χ1) is 5.05. The summed E-state index contributed by atoms with van der Waals surface area (Å²) in [7, 11) is 0. The summed E-state index contributed by atoms with van der Waals surface area (Å²) >= 11 is 1.03. The van der Waals surface area contributed by atoms with Gasteiger partial charge in [-0.15, -0.1) is 11.3 Å². The number of hydrogen-bond donors (Lipinski definition) is 1. The van der Waals surface area contributed by atoms with E-state index in [0.29, 0.717) is 0 Å². The van der Waals surface area contributed by atoms with Crippen LogP contribution in [0.25, 0.3) is 0 Å². The van der Waals surface area contributed by atoms with E-state index in [9.17, 15) is 8.78 Å². The molecule has 0 aliphatic rings. The second-order valence-corrected chi connectivity index (χ2v) is 3.34. The summed E-state index contributed by atoms with van der Waals surface area (Å²) in [6.45, 7) is 1.31. The molecule has 0 saturated carbocycles. The number of halogens is 2. The Morgan fingerprint density at radius 2 is 2.27 bits per heavy atom. The topological polar surface area (TPSA) is 26.0 Å². The van der Waals surface area contributed by atoms with Gasteiger partial charge in [0.2, 0.25) is 0 Å². The molecule has 62 valence electrons. The van der Waals surface area contributed by atoms with Gasteiger partial charge in [0.15, 0.2) is 0 Å². The summed E-state index contributed by atoms with van der Waals surface area (Å²) in [5.74, 6) is -2.88. The van der Waals surface area contributed by atoms with E-state index in [2.05, 4.69) is 0 Å². The minimum atomic E-state index is -2.88. The molecule has 0 fully saturated rings. The molecule has 1 unspecified atom stereocenters. The van der Waals surface area contributed by atoms with Crippen LogP contribution in [0, 0.1) is 0 Å². The Morgan fingerprint density at radius 3 is 2.64 bits per heavy atom. The minimum absolute atomic E-state index is 0.0347. The van der Waals surface area contributed by atoms with Gasteiger partial charge in [0.25, 0.3) is 5.92 Å². The van der Waals surface area contributed by atoms with E-state index in [1.807, 2.05) is 0 Å². The number of rotatable bonds is 2. The van der Waals surface area contributed by atoms with Crippen molar-refractivity contribution in [3.63, 3.8) is 0 Å². The first kappa shape index (κ1) is 8.62. The van der Waals surface area contributed by atoms with Crippen LogP contribution in [0.3, 0.4) is 0 Å². The highest BCUT2D eigenvalue weighted by Gasteiger charge is 2.36. The Kier molecular flexibility index (Phi) is 2.25. The molecule has 1 rings (SSSR count). The van der Waals surface area contributed by atoms with Gasteiger partial charge in [0, 0.05) is 0 Å². The van der Waals surface area contributed by atoms with Gasteiger partial charge < -0.3 is 5.73 Å². The predicted molar refractivity (Wildman–Crippen MR) is 41.9 cm³/mol. The van der Waals surface area contributed by atoms with Crippen LogP contribution in [0.5, 0.6) is 0 Å². The van der Waals surface area contributed by atoms with Crippen LogP contribution in [0.1, 0.15) is 11.8 Å². The Hall–Kier alpha value is -0.480. The van der Waals surface area contributed by atoms with Crippen LogP contribution in [0.15, 0.2) is 17.5 Å². The van der Waals surface area contributed by atoms with Crippen molar-refractivity contribution in [3.05, 3.63) is 22.4 Å². The molecule has 1 aromatic heterocycles. The molecular formula is C7H9F2NS. The quantitative estimate of drug-likeness (QED) is 0.736. The Morgan fingerprint density at radius 1 is 1.64 bits per heavy atom. The maximum Gasteiger partial charge on any atom is 0.296 e. The molecule has 0 aliphatic carbocycles. The minimum Gasteiger partial charge on any atom is -0.323 e. The molecule has 11 heavy (non-hydrogen) atoms. The fourth-order valence-corrected chi connectivity index (χ4v) is 1.50. The Labute approximate surface area is 67.8 Å². The van der Waals surface area contributed by atoms with Crippen molar-refractivity contribution in [2.45, 2.75) is 18.9 Å². The van der Waals surface area contributed by atoms with Gasteiger partial charge in [-0.1, -0.05) is 6.07 Å². The molecular weight excluding hydrogens is 168 g/mol. The number of hydrogen-bond acceptors (Lipinski definition) is 2. The van der Waals surface area contributed by atoms with E-state index < -0.39 is 12.0 Å². The summed E-state index contributed by atoms with van der Waals surface area (Å²) in [6, 6.07) is 1.87.